The van der Waals surface area contributed by atoms with Gasteiger partial charge >= 0.3 is 5.97 Å². The smallest absolute Gasteiger partial charge is 0.306 e. The number of hydrogen-bond acceptors (Lipinski definition) is 3. The molecule has 0 spiro atoms. The number of fused-ring (bicyclic) bond motifs is 8. The first-order valence-electron chi connectivity index (χ1n) is 11.8. The molecule has 6 heteroatoms. The Hall–Kier alpha value is -2.99. The molecule has 0 radical (unpaired) electrons. The van der Waals surface area contributed by atoms with E-state index >= 15 is 0 Å². The summed E-state index contributed by atoms with van der Waals surface area (Å²) in [6.07, 6.45) is 10.3. The van der Waals surface area contributed by atoms with E-state index in [1.807, 2.05) is 16.5 Å². The van der Waals surface area contributed by atoms with Crippen molar-refractivity contribution < 1.29 is 9.90 Å². The largest absolute Gasteiger partial charge is 0.481 e. The van der Waals surface area contributed by atoms with E-state index in [0.717, 1.165) is 72.0 Å². The molecule has 1 aliphatic rings. The Morgan fingerprint density at radius 3 is 2.91 bits per heavy atom. The molecule has 1 aliphatic heterocycles. The average Bonchev–Trinajstić information content (AvgIpc) is 3.48. The lowest BCUT2D eigenvalue weighted by Gasteiger charge is -2.17. The Labute approximate surface area is 198 Å². The molecular weight excluding hydrogens is 430 g/mol. The number of aromatic amines is 1. The Kier molecular flexibility index (Phi) is 6.53. The van der Waals surface area contributed by atoms with Crippen molar-refractivity contribution in [1.82, 2.24) is 14.2 Å². The molecule has 2 aromatic heterocycles. The highest BCUT2D eigenvalue weighted by atomic mass is 32.2. The number of nitrogens with zero attached hydrogens (tertiary/aromatic N) is 2. The van der Waals surface area contributed by atoms with Crippen LogP contribution >= 0.6 is 11.9 Å². The monoisotopic (exact) mass is 459 g/mol. The van der Waals surface area contributed by atoms with Crippen molar-refractivity contribution in [3.05, 3.63) is 77.6 Å². The molecule has 2 aromatic carbocycles. The zero-order valence-corrected chi connectivity index (χ0v) is 19.5. The molecular formula is C27H29N3O2S. The number of carboxylic acids is 1. The fourth-order valence-corrected chi connectivity index (χ4v) is 5.62. The molecule has 0 amide bonds. The summed E-state index contributed by atoms with van der Waals surface area (Å²) in [7, 11) is 0. The topological polar surface area (TPSA) is 70.9 Å². The van der Waals surface area contributed by atoms with Crippen molar-refractivity contribution in [2.45, 2.75) is 44.9 Å². The molecule has 0 aliphatic carbocycles. The summed E-state index contributed by atoms with van der Waals surface area (Å²) in [5.41, 5.74) is 6.73. The van der Waals surface area contributed by atoms with Gasteiger partial charge in [-0.25, -0.2) is 4.09 Å². The van der Waals surface area contributed by atoms with E-state index in [0.29, 0.717) is 6.42 Å². The zero-order chi connectivity index (χ0) is 22.6. The molecule has 0 saturated heterocycles. The van der Waals surface area contributed by atoms with Crippen LogP contribution in [0.1, 0.15) is 48.8 Å². The van der Waals surface area contributed by atoms with Gasteiger partial charge in [0.1, 0.15) is 0 Å². The third-order valence-corrected chi connectivity index (χ3v) is 7.54. The molecule has 4 bridgehead atoms. The van der Waals surface area contributed by atoms with E-state index in [1.165, 1.54) is 11.1 Å². The van der Waals surface area contributed by atoms with Crippen molar-refractivity contribution in [2.75, 3.05) is 5.75 Å². The predicted octanol–water partition coefficient (Wildman–Crippen LogP) is 6.33. The van der Waals surface area contributed by atoms with Crippen LogP contribution in [0.25, 0.3) is 22.2 Å². The molecule has 33 heavy (non-hydrogen) atoms. The number of carboxylic acid groups (broad SMARTS) is 1. The molecule has 0 fully saturated rings. The van der Waals surface area contributed by atoms with Crippen molar-refractivity contribution in [2.24, 2.45) is 5.92 Å². The lowest BCUT2D eigenvalue weighted by molar-refractivity contribution is -0.142. The minimum absolute atomic E-state index is 0.357. The average molecular weight is 460 g/mol. The Morgan fingerprint density at radius 1 is 1.09 bits per heavy atom. The summed E-state index contributed by atoms with van der Waals surface area (Å²) in [4.78, 5) is 15.4. The number of carbonyl (C=O) groups is 1. The van der Waals surface area contributed by atoms with E-state index < -0.39 is 5.97 Å². The highest BCUT2D eigenvalue weighted by Crippen LogP contribution is 2.30. The van der Waals surface area contributed by atoms with Gasteiger partial charge in [-0.15, -0.1) is 0 Å². The van der Waals surface area contributed by atoms with Gasteiger partial charge in [0.15, 0.2) is 0 Å². The zero-order valence-electron chi connectivity index (χ0n) is 18.7. The van der Waals surface area contributed by atoms with Crippen molar-refractivity contribution in [1.29, 1.82) is 0 Å². The number of aliphatic carboxylic acids is 1. The van der Waals surface area contributed by atoms with Gasteiger partial charge in [-0.05, 0) is 78.6 Å². The number of hydrogen-bond donors (Lipinski definition) is 2. The third-order valence-electron chi connectivity index (χ3n) is 6.60. The maximum absolute atomic E-state index is 12.1. The number of aromatic nitrogens is 3. The van der Waals surface area contributed by atoms with Crippen LogP contribution in [0, 0.1) is 5.92 Å². The van der Waals surface area contributed by atoms with Crippen LogP contribution in [-0.4, -0.2) is 31.0 Å². The lowest BCUT2D eigenvalue weighted by Crippen LogP contribution is -2.17. The molecule has 1 atom stereocenters. The Balaban J connectivity index is 1.54. The molecule has 4 aromatic rings. The van der Waals surface area contributed by atoms with Crippen molar-refractivity contribution >= 4 is 28.8 Å². The number of rotatable bonds is 1. The lowest BCUT2D eigenvalue weighted by atomic mass is 9.87. The van der Waals surface area contributed by atoms with Crippen LogP contribution in [0.2, 0.25) is 0 Å². The normalized spacial score (nSPS) is 17.8. The first-order valence-corrected chi connectivity index (χ1v) is 12.7. The highest BCUT2D eigenvalue weighted by molar-refractivity contribution is 7.97. The number of benzene rings is 2. The molecule has 1 unspecified atom stereocenters. The molecule has 170 valence electrons. The molecule has 5 nitrogen and oxygen atoms in total. The summed E-state index contributed by atoms with van der Waals surface area (Å²) in [5.74, 6) is -0.0270. The highest BCUT2D eigenvalue weighted by Gasteiger charge is 2.21. The van der Waals surface area contributed by atoms with E-state index in [2.05, 4.69) is 53.5 Å². The molecule has 3 heterocycles. The summed E-state index contributed by atoms with van der Waals surface area (Å²) < 4.78 is 1.96. The maximum atomic E-state index is 12.1. The second-order valence-electron chi connectivity index (χ2n) is 8.90. The third kappa shape index (κ3) is 5.01. The summed E-state index contributed by atoms with van der Waals surface area (Å²) >= 11 is 1.73. The summed E-state index contributed by atoms with van der Waals surface area (Å²) in [5, 5.41) is 15.9. The van der Waals surface area contributed by atoms with Crippen LogP contribution in [-0.2, 0) is 17.6 Å². The molecule has 5 rings (SSSR count). The second-order valence-corrected chi connectivity index (χ2v) is 9.94. The Bertz CT molecular complexity index is 1260. The Morgan fingerprint density at radius 2 is 2.00 bits per heavy atom. The van der Waals surface area contributed by atoms with Crippen LogP contribution < -0.4 is 0 Å². The van der Waals surface area contributed by atoms with Gasteiger partial charge in [-0.1, -0.05) is 43.5 Å². The van der Waals surface area contributed by atoms with E-state index in [4.69, 9.17) is 5.10 Å². The summed E-state index contributed by atoms with van der Waals surface area (Å²) in [6, 6.07) is 17.0. The predicted molar refractivity (Wildman–Crippen MR) is 135 cm³/mol. The SMILES string of the molecule is O=C(O)C1CCCCCCSn2ccc(n2)-c2cccc(c2)Cc2ccc3[nH]ccc3c2C1. The van der Waals surface area contributed by atoms with E-state index in [-0.39, 0.29) is 5.92 Å². The van der Waals surface area contributed by atoms with Gasteiger partial charge in [0, 0.05) is 34.6 Å². The number of nitrogens with one attached hydrogen (secondary N) is 1. The first-order chi connectivity index (χ1) is 16.2. The van der Waals surface area contributed by atoms with Crippen LogP contribution in [0.15, 0.2) is 60.9 Å². The van der Waals surface area contributed by atoms with Crippen molar-refractivity contribution in [3.63, 3.8) is 0 Å². The van der Waals surface area contributed by atoms with Gasteiger partial charge in [0.25, 0.3) is 0 Å². The van der Waals surface area contributed by atoms with Gasteiger partial charge in [-0.3, -0.25) is 4.79 Å². The first kappa shape index (κ1) is 21.8. The van der Waals surface area contributed by atoms with Gasteiger partial charge < -0.3 is 10.1 Å². The fraction of sp³-hybridized carbons (Fsp3) is 0.333. The fourth-order valence-electron chi connectivity index (χ4n) is 4.80. The van der Waals surface area contributed by atoms with Crippen LogP contribution in [0.4, 0.5) is 0 Å². The minimum Gasteiger partial charge on any atom is -0.481 e. The van der Waals surface area contributed by atoms with Crippen LogP contribution in [0.5, 0.6) is 0 Å². The van der Waals surface area contributed by atoms with E-state index in [1.54, 1.807) is 11.9 Å². The van der Waals surface area contributed by atoms with Crippen LogP contribution in [0.3, 0.4) is 0 Å². The maximum Gasteiger partial charge on any atom is 0.306 e. The van der Waals surface area contributed by atoms with Crippen molar-refractivity contribution in [3.8, 4) is 11.3 Å². The standard InChI is InChI=1S/C27H29N3O2S/c31-27(32)22-7-3-1-2-4-15-33-30-14-12-25(29-30)21-8-5-6-19(17-21)16-20-9-10-26-23(11-13-28-26)24(20)18-22/h5-6,8-14,17,22,28H,1-4,7,15-16,18H2,(H,31,32). The second kappa shape index (κ2) is 9.87. The van der Waals surface area contributed by atoms with E-state index in [9.17, 15) is 9.90 Å². The van der Waals surface area contributed by atoms with Gasteiger partial charge in [0.05, 0.1) is 11.6 Å². The van der Waals surface area contributed by atoms with Gasteiger partial charge in [-0.2, -0.15) is 5.10 Å². The summed E-state index contributed by atoms with van der Waals surface area (Å²) in [6.45, 7) is 0. The quantitative estimate of drug-likeness (QED) is 0.349. The number of H-pyrrole nitrogens is 1. The minimum atomic E-state index is -0.686. The molecule has 0 saturated carbocycles. The van der Waals surface area contributed by atoms with Gasteiger partial charge in [0.2, 0.25) is 0 Å². The molecule has 2 N–H and O–H groups in total.